The fourth-order valence-corrected chi connectivity index (χ4v) is 3.27. The Hall–Kier alpha value is -0.640. The van der Waals surface area contributed by atoms with Gasteiger partial charge >= 0.3 is 0 Å². The normalized spacial score (nSPS) is 26.0. The van der Waals surface area contributed by atoms with Gasteiger partial charge in [-0.15, -0.1) is 0 Å². The number of hydrogen-bond donors (Lipinski definition) is 2. The first kappa shape index (κ1) is 13.8. The molecule has 0 spiro atoms. The Morgan fingerprint density at radius 3 is 2.89 bits per heavy atom. The molecule has 0 aliphatic heterocycles. The molecule has 0 heterocycles. The Bertz CT molecular complexity index is 411. The van der Waals surface area contributed by atoms with E-state index in [1.807, 2.05) is 6.07 Å². The van der Waals surface area contributed by atoms with Gasteiger partial charge in [0.2, 0.25) is 0 Å². The molecule has 1 aromatic rings. The number of nitrogens with one attached hydrogen (secondary N) is 1. The largest absolute Gasteiger partial charge is 0.271 e. The lowest BCUT2D eigenvalue weighted by molar-refractivity contribution is 0.224. The average molecular weight is 271 g/mol. The molecular formula is C14H20ClFN2. The SMILES string of the molecule is CC1CCCC(C(NN)c2cccc(F)c2Cl)C1. The van der Waals surface area contributed by atoms with Crippen LogP contribution in [-0.2, 0) is 0 Å². The highest BCUT2D eigenvalue weighted by atomic mass is 35.5. The van der Waals surface area contributed by atoms with Gasteiger partial charge in [-0.25, -0.2) is 4.39 Å². The zero-order valence-electron chi connectivity index (χ0n) is 10.6. The summed E-state index contributed by atoms with van der Waals surface area (Å²) in [7, 11) is 0. The lowest BCUT2D eigenvalue weighted by atomic mass is 9.77. The molecule has 0 aromatic heterocycles. The molecule has 0 saturated heterocycles. The first-order valence-electron chi connectivity index (χ1n) is 6.53. The topological polar surface area (TPSA) is 38.0 Å². The third-order valence-corrected chi connectivity index (χ3v) is 4.34. The van der Waals surface area contributed by atoms with Crippen LogP contribution in [0.1, 0.15) is 44.2 Å². The van der Waals surface area contributed by atoms with Gasteiger partial charge in [-0.05, 0) is 36.3 Å². The zero-order valence-corrected chi connectivity index (χ0v) is 11.4. The second kappa shape index (κ2) is 6.00. The highest BCUT2D eigenvalue weighted by molar-refractivity contribution is 6.31. The smallest absolute Gasteiger partial charge is 0.142 e. The first-order chi connectivity index (χ1) is 8.63. The van der Waals surface area contributed by atoms with Crippen molar-refractivity contribution < 1.29 is 4.39 Å². The Morgan fingerprint density at radius 2 is 2.22 bits per heavy atom. The summed E-state index contributed by atoms with van der Waals surface area (Å²) in [6, 6.07) is 4.86. The second-order valence-corrected chi connectivity index (χ2v) is 5.70. The summed E-state index contributed by atoms with van der Waals surface area (Å²) < 4.78 is 13.5. The van der Waals surface area contributed by atoms with Crippen LogP contribution < -0.4 is 11.3 Å². The van der Waals surface area contributed by atoms with Crippen LogP contribution in [0.4, 0.5) is 4.39 Å². The van der Waals surface area contributed by atoms with Crippen LogP contribution >= 0.6 is 11.6 Å². The molecular weight excluding hydrogens is 251 g/mol. The van der Waals surface area contributed by atoms with Gasteiger partial charge in [-0.2, -0.15) is 0 Å². The maximum atomic E-state index is 13.5. The molecule has 0 bridgehead atoms. The van der Waals surface area contributed by atoms with E-state index in [-0.39, 0.29) is 16.9 Å². The third kappa shape index (κ3) is 2.85. The van der Waals surface area contributed by atoms with Crippen molar-refractivity contribution in [2.24, 2.45) is 17.7 Å². The molecule has 4 heteroatoms. The van der Waals surface area contributed by atoms with E-state index in [2.05, 4.69) is 12.3 Å². The number of hydrogen-bond acceptors (Lipinski definition) is 2. The van der Waals surface area contributed by atoms with Gasteiger partial charge < -0.3 is 0 Å². The summed E-state index contributed by atoms with van der Waals surface area (Å²) in [4.78, 5) is 0. The number of rotatable bonds is 3. The Labute approximate surface area is 113 Å². The van der Waals surface area contributed by atoms with E-state index in [1.54, 1.807) is 6.07 Å². The predicted octanol–water partition coefficient (Wildman–Crippen LogP) is 3.81. The van der Waals surface area contributed by atoms with Crippen molar-refractivity contribution in [3.8, 4) is 0 Å². The monoisotopic (exact) mass is 270 g/mol. The lowest BCUT2D eigenvalue weighted by Crippen LogP contribution is -2.35. The molecule has 0 amide bonds. The van der Waals surface area contributed by atoms with E-state index in [9.17, 15) is 4.39 Å². The molecule has 3 unspecified atom stereocenters. The second-order valence-electron chi connectivity index (χ2n) is 5.32. The van der Waals surface area contributed by atoms with E-state index in [0.29, 0.717) is 11.8 Å². The van der Waals surface area contributed by atoms with Crippen molar-refractivity contribution in [1.29, 1.82) is 0 Å². The van der Waals surface area contributed by atoms with Gasteiger partial charge in [0.1, 0.15) is 5.82 Å². The van der Waals surface area contributed by atoms with Gasteiger partial charge in [-0.1, -0.05) is 43.5 Å². The van der Waals surface area contributed by atoms with Crippen LogP contribution in [0, 0.1) is 17.7 Å². The summed E-state index contributed by atoms with van der Waals surface area (Å²) in [5, 5.41) is 0.193. The Kier molecular flexibility index (Phi) is 4.60. The summed E-state index contributed by atoms with van der Waals surface area (Å²) in [5.41, 5.74) is 3.60. The summed E-state index contributed by atoms with van der Waals surface area (Å²) >= 11 is 6.05. The maximum absolute atomic E-state index is 13.5. The lowest BCUT2D eigenvalue weighted by Gasteiger charge is -2.33. The van der Waals surface area contributed by atoms with Gasteiger partial charge in [-0.3, -0.25) is 11.3 Å². The summed E-state index contributed by atoms with van der Waals surface area (Å²) in [6.45, 7) is 2.26. The highest BCUT2D eigenvalue weighted by Gasteiger charge is 2.28. The van der Waals surface area contributed by atoms with E-state index >= 15 is 0 Å². The molecule has 1 saturated carbocycles. The molecule has 1 aliphatic rings. The van der Waals surface area contributed by atoms with Gasteiger partial charge in [0.05, 0.1) is 11.1 Å². The van der Waals surface area contributed by atoms with Crippen LogP contribution in [0.15, 0.2) is 18.2 Å². The molecule has 18 heavy (non-hydrogen) atoms. The summed E-state index contributed by atoms with van der Waals surface area (Å²) in [5.74, 6) is 6.42. The third-order valence-electron chi connectivity index (χ3n) is 3.94. The van der Waals surface area contributed by atoms with Crippen LogP contribution in [0.25, 0.3) is 0 Å². The van der Waals surface area contributed by atoms with Crippen LogP contribution in [0.2, 0.25) is 5.02 Å². The van der Waals surface area contributed by atoms with E-state index in [1.165, 1.54) is 18.9 Å². The minimum Gasteiger partial charge on any atom is -0.271 e. The number of benzene rings is 1. The Balaban J connectivity index is 2.24. The standard InChI is InChI=1S/C14H20ClFN2/c1-9-4-2-5-10(8-9)14(18-17)11-6-3-7-12(16)13(11)15/h3,6-7,9-10,14,18H,2,4-5,8,17H2,1H3. The van der Waals surface area contributed by atoms with Crippen molar-refractivity contribution in [2.75, 3.05) is 0 Å². The molecule has 1 aromatic carbocycles. The minimum absolute atomic E-state index is 0.0593. The zero-order chi connectivity index (χ0) is 13.1. The van der Waals surface area contributed by atoms with Crippen molar-refractivity contribution in [3.63, 3.8) is 0 Å². The molecule has 1 aliphatic carbocycles. The van der Waals surface area contributed by atoms with E-state index < -0.39 is 0 Å². The minimum atomic E-state index is -0.377. The molecule has 2 rings (SSSR count). The van der Waals surface area contributed by atoms with Gasteiger partial charge in [0.25, 0.3) is 0 Å². The van der Waals surface area contributed by atoms with Crippen molar-refractivity contribution >= 4 is 11.6 Å². The predicted molar refractivity (Wildman–Crippen MR) is 72.6 cm³/mol. The maximum Gasteiger partial charge on any atom is 0.142 e. The highest BCUT2D eigenvalue weighted by Crippen LogP contribution is 2.39. The van der Waals surface area contributed by atoms with Crippen molar-refractivity contribution in [1.82, 2.24) is 5.43 Å². The van der Waals surface area contributed by atoms with Crippen molar-refractivity contribution in [3.05, 3.63) is 34.6 Å². The van der Waals surface area contributed by atoms with E-state index in [0.717, 1.165) is 18.4 Å². The fraction of sp³-hybridized carbons (Fsp3) is 0.571. The number of hydrazine groups is 1. The quantitative estimate of drug-likeness (QED) is 0.647. The molecule has 3 N–H and O–H groups in total. The van der Waals surface area contributed by atoms with Crippen LogP contribution in [0.3, 0.4) is 0 Å². The van der Waals surface area contributed by atoms with Crippen LogP contribution in [0.5, 0.6) is 0 Å². The molecule has 100 valence electrons. The molecule has 3 atom stereocenters. The molecule has 2 nitrogen and oxygen atoms in total. The van der Waals surface area contributed by atoms with Gasteiger partial charge in [0.15, 0.2) is 0 Å². The van der Waals surface area contributed by atoms with E-state index in [4.69, 9.17) is 17.4 Å². The molecule has 1 fully saturated rings. The van der Waals surface area contributed by atoms with Gasteiger partial charge in [0, 0.05) is 0 Å². The van der Waals surface area contributed by atoms with Crippen LogP contribution in [-0.4, -0.2) is 0 Å². The summed E-state index contributed by atoms with van der Waals surface area (Å²) in [6.07, 6.45) is 4.70. The number of halogens is 2. The number of nitrogens with two attached hydrogens (primary N) is 1. The van der Waals surface area contributed by atoms with Crippen molar-refractivity contribution in [2.45, 2.75) is 38.6 Å². The average Bonchev–Trinajstić information content (AvgIpc) is 2.35. The molecule has 0 radical (unpaired) electrons. The fourth-order valence-electron chi connectivity index (χ4n) is 3.02. The Morgan fingerprint density at radius 1 is 1.44 bits per heavy atom. The first-order valence-corrected chi connectivity index (χ1v) is 6.91.